The van der Waals surface area contributed by atoms with E-state index >= 15 is 0 Å². The van der Waals surface area contributed by atoms with Crippen molar-refractivity contribution in [3.05, 3.63) is 65.5 Å². The lowest BCUT2D eigenvalue weighted by Crippen LogP contribution is -2.29. The molecule has 4 nitrogen and oxygen atoms in total. The topological polar surface area (TPSA) is 62.5 Å². The summed E-state index contributed by atoms with van der Waals surface area (Å²) in [5, 5.41) is 18.9. The highest BCUT2D eigenvalue weighted by atomic mass is 16.5. The predicted molar refractivity (Wildman–Crippen MR) is 120 cm³/mol. The van der Waals surface area contributed by atoms with E-state index in [9.17, 15) is 5.11 Å². The summed E-state index contributed by atoms with van der Waals surface area (Å²) in [7, 11) is 0. The second-order valence-corrected chi connectivity index (χ2v) is 8.30. The van der Waals surface area contributed by atoms with Gasteiger partial charge in [-0.3, -0.25) is 0 Å². The molecule has 1 aromatic carbocycles. The van der Waals surface area contributed by atoms with Gasteiger partial charge in [-0.1, -0.05) is 27.0 Å². The third kappa shape index (κ3) is 4.79. The Bertz CT molecular complexity index is 930. The summed E-state index contributed by atoms with van der Waals surface area (Å²) in [6.45, 7) is 12.7. The first-order chi connectivity index (χ1) is 14.4. The van der Waals surface area contributed by atoms with Gasteiger partial charge < -0.3 is 14.6 Å². The first-order valence-corrected chi connectivity index (χ1v) is 10.7. The number of unbranched alkanes of at least 4 members (excludes halogenated alkanes) is 1. The Labute approximate surface area is 179 Å². The Kier molecular flexibility index (Phi) is 7.05. The summed E-state index contributed by atoms with van der Waals surface area (Å²) in [5.41, 5.74) is 5.09. The lowest BCUT2D eigenvalue weighted by Gasteiger charge is -2.33. The van der Waals surface area contributed by atoms with Crippen LogP contribution in [0.25, 0.3) is 5.57 Å². The SMILES string of the molecule is C=C(O)/C1=C/C2=C(CCCCC1=C)c1ccc(OCCCC#N)cc1OC2C(C)C. The molecule has 1 atom stereocenters. The van der Waals surface area contributed by atoms with Crippen LogP contribution < -0.4 is 9.47 Å². The van der Waals surface area contributed by atoms with Crippen molar-refractivity contribution in [1.29, 1.82) is 5.26 Å². The summed E-state index contributed by atoms with van der Waals surface area (Å²) >= 11 is 0. The molecule has 1 aliphatic carbocycles. The van der Waals surface area contributed by atoms with E-state index in [4.69, 9.17) is 14.7 Å². The summed E-state index contributed by atoms with van der Waals surface area (Å²) in [6, 6.07) is 8.13. The molecule has 0 spiro atoms. The highest BCUT2D eigenvalue weighted by molar-refractivity contribution is 5.79. The van der Waals surface area contributed by atoms with E-state index in [1.165, 1.54) is 5.57 Å². The standard InChI is InChI=1S/C26H31NO3/c1-17(2)26-24-16-23(19(4)28)18(3)9-5-6-10-21(24)22-12-11-20(15-25(22)30-26)29-14-8-7-13-27/h11-12,15-17,26,28H,3-10,14H2,1-2H3/b23-16+. The molecule has 0 saturated carbocycles. The van der Waals surface area contributed by atoms with Gasteiger partial charge in [-0.25, -0.2) is 0 Å². The molecule has 1 heterocycles. The van der Waals surface area contributed by atoms with Crippen molar-refractivity contribution in [2.24, 2.45) is 5.92 Å². The zero-order chi connectivity index (χ0) is 21.7. The number of nitrogens with zero attached hydrogens (tertiary/aromatic N) is 1. The largest absolute Gasteiger partial charge is 0.508 e. The number of benzene rings is 1. The molecule has 0 fully saturated rings. The summed E-state index contributed by atoms with van der Waals surface area (Å²) < 4.78 is 12.3. The molecule has 1 N–H and O–H groups in total. The molecule has 1 aliphatic heterocycles. The Hall–Kier alpha value is -2.93. The van der Waals surface area contributed by atoms with Crippen molar-refractivity contribution in [2.75, 3.05) is 6.61 Å². The fraction of sp³-hybridized carbons (Fsp3) is 0.423. The number of aliphatic hydroxyl groups is 1. The van der Waals surface area contributed by atoms with Gasteiger partial charge in [0.05, 0.1) is 12.7 Å². The summed E-state index contributed by atoms with van der Waals surface area (Å²) in [5.74, 6) is 1.90. The second-order valence-electron chi connectivity index (χ2n) is 8.30. The number of nitriles is 1. The molecule has 30 heavy (non-hydrogen) atoms. The molecule has 1 aromatic rings. The van der Waals surface area contributed by atoms with Crippen LogP contribution in [0, 0.1) is 17.2 Å². The van der Waals surface area contributed by atoms with Crippen molar-refractivity contribution in [3.8, 4) is 17.6 Å². The normalized spacial score (nSPS) is 20.5. The molecule has 0 radical (unpaired) electrons. The van der Waals surface area contributed by atoms with Gasteiger partial charge in [-0.2, -0.15) is 5.26 Å². The van der Waals surface area contributed by atoms with E-state index in [1.807, 2.05) is 18.2 Å². The Morgan fingerprint density at radius 1 is 1.33 bits per heavy atom. The molecule has 0 aromatic heterocycles. The van der Waals surface area contributed by atoms with Crippen molar-refractivity contribution in [2.45, 2.75) is 58.5 Å². The van der Waals surface area contributed by atoms with Gasteiger partial charge >= 0.3 is 0 Å². The average molecular weight is 406 g/mol. The molecule has 2 aliphatic rings. The monoisotopic (exact) mass is 405 g/mol. The van der Waals surface area contributed by atoms with Crippen LogP contribution in [0.4, 0.5) is 0 Å². The maximum atomic E-state index is 10.2. The highest BCUT2D eigenvalue weighted by Crippen LogP contribution is 2.44. The van der Waals surface area contributed by atoms with Gasteiger partial charge in [0.1, 0.15) is 23.4 Å². The average Bonchev–Trinajstić information content (AvgIpc) is 2.79. The van der Waals surface area contributed by atoms with Gasteiger partial charge in [0.25, 0.3) is 0 Å². The van der Waals surface area contributed by atoms with Crippen LogP contribution in [0.3, 0.4) is 0 Å². The number of allylic oxidation sites excluding steroid dienone is 2. The van der Waals surface area contributed by atoms with E-state index in [0.29, 0.717) is 19.4 Å². The maximum absolute atomic E-state index is 10.2. The molecule has 0 saturated heterocycles. The van der Waals surface area contributed by atoms with Crippen LogP contribution in [-0.2, 0) is 0 Å². The smallest absolute Gasteiger partial charge is 0.131 e. The van der Waals surface area contributed by atoms with E-state index in [0.717, 1.165) is 59.5 Å². The van der Waals surface area contributed by atoms with Gasteiger partial charge in [-0.05, 0) is 73.0 Å². The molecular formula is C26H31NO3. The maximum Gasteiger partial charge on any atom is 0.131 e. The zero-order valence-electron chi connectivity index (χ0n) is 18.0. The fourth-order valence-corrected chi connectivity index (χ4v) is 4.07. The Morgan fingerprint density at radius 3 is 2.80 bits per heavy atom. The van der Waals surface area contributed by atoms with Gasteiger partial charge in [-0.15, -0.1) is 0 Å². The van der Waals surface area contributed by atoms with Crippen molar-refractivity contribution in [1.82, 2.24) is 0 Å². The Balaban J connectivity index is 2.05. The minimum absolute atomic E-state index is 0.0585. The number of aliphatic hydroxyl groups excluding tert-OH is 1. The van der Waals surface area contributed by atoms with Crippen LogP contribution in [0.15, 0.2) is 59.9 Å². The minimum atomic E-state index is -0.124. The molecule has 4 heteroatoms. The van der Waals surface area contributed by atoms with Crippen LogP contribution in [0.5, 0.6) is 11.5 Å². The number of fused-ring (bicyclic) bond motifs is 2. The van der Waals surface area contributed by atoms with Gasteiger partial charge in [0.15, 0.2) is 0 Å². The Morgan fingerprint density at radius 2 is 2.10 bits per heavy atom. The molecule has 158 valence electrons. The highest BCUT2D eigenvalue weighted by Gasteiger charge is 2.31. The third-order valence-electron chi connectivity index (χ3n) is 5.64. The quantitative estimate of drug-likeness (QED) is 0.424. The van der Waals surface area contributed by atoms with Crippen molar-refractivity contribution in [3.63, 3.8) is 0 Å². The lowest BCUT2D eigenvalue weighted by molar-refractivity contribution is 0.183. The lowest BCUT2D eigenvalue weighted by atomic mass is 9.85. The molecule has 0 bridgehead atoms. The summed E-state index contributed by atoms with van der Waals surface area (Å²) in [6.07, 6.45) is 6.97. The second kappa shape index (κ2) is 9.71. The van der Waals surface area contributed by atoms with Gasteiger partial charge in [0.2, 0.25) is 0 Å². The third-order valence-corrected chi connectivity index (χ3v) is 5.64. The van der Waals surface area contributed by atoms with Crippen molar-refractivity contribution >= 4 is 5.57 Å². The molecule has 1 unspecified atom stereocenters. The minimum Gasteiger partial charge on any atom is -0.508 e. The molecular weight excluding hydrogens is 374 g/mol. The number of hydrogen-bond donors (Lipinski definition) is 1. The predicted octanol–water partition coefficient (Wildman–Crippen LogP) is 6.67. The zero-order valence-corrected chi connectivity index (χ0v) is 18.0. The number of hydrogen-bond acceptors (Lipinski definition) is 4. The van der Waals surface area contributed by atoms with Crippen LogP contribution in [0.2, 0.25) is 0 Å². The van der Waals surface area contributed by atoms with Crippen LogP contribution in [0.1, 0.15) is 57.9 Å². The molecule has 0 amide bonds. The fourth-order valence-electron chi connectivity index (χ4n) is 4.07. The van der Waals surface area contributed by atoms with Crippen LogP contribution in [-0.4, -0.2) is 17.8 Å². The number of rotatable bonds is 6. The van der Waals surface area contributed by atoms with E-state index in [2.05, 4.69) is 39.1 Å². The summed E-state index contributed by atoms with van der Waals surface area (Å²) in [4.78, 5) is 0. The first kappa shape index (κ1) is 21.8. The van der Waals surface area contributed by atoms with Crippen molar-refractivity contribution < 1.29 is 14.6 Å². The van der Waals surface area contributed by atoms with E-state index in [-0.39, 0.29) is 17.8 Å². The van der Waals surface area contributed by atoms with E-state index in [1.54, 1.807) is 0 Å². The van der Waals surface area contributed by atoms with E-state index < -0.39 is 0 Å². The number of ether oxygens (including phenoxy) is 2. The first-order valence-electron chi connectivity index (χ1n) is 10.7. The van der Waals surface area contributed by atoms with Gasteiger partial charge in [0, 0.05) is 23.6 Å². The molecule has 3 rings (SSSR count). The van der Waals surface area contributed by atoms with Crippen LogP contribution >= 0.6 is 0 Å².